The van der Waals surface area contributed by atoms with Crippen LogP contribution in [-0.2, 0) is 9.84 Å². The fourth-order valence-electron chi connectivity index (χ4n) is 2.87. The molecule has 0 fully saturated rings. The van der Waals surface area contributed by atoms with E-state index in [1.807, 2.05) is 31.2 Å². The van der Waals surface area contributed by atoms with Crippen molar-refractivity contribution in [3.8, 4) is 16.9 Å². The highest BCUT2D eigenvalue weighted by Gasteiger charge is 2.21. The van der Waals surface area contributed by atoms with Gasteiger partial charge in [-0.1, -0.05) is 18.2 Å². The molecule has 0 spiro atoms. The Morgan fingerprint density at radius 1 is 1.18 bits per heavy atom. The average Bonchev–Trinajstić information content (AvgIpc) is 3.21. The Morgan fingerprint density at radius 3 is 2.61 bits per heavy atom. The molecule has 7 nitrogen and oxygen atoms in total. The van der Waals surface area contributed by atoms with Crippen molar-refractivity contribution in [2.24, 2.45) is 0 Å². The molecule has 0 aliphatic heterocycles. The molecule has 1 aromatic heterocycles. The quantitative estimate of drug-likeness (QED) is 0.664. The number of methoxy groups -OCH3 is 1. The van der Waals surface area contributed by atoms with E-state index in [4.69, 9.17) is 4.74 Å². The van der Waals surface area contributed by atoms with Gasteiger partial charge in [0.05, 0.1) is 29.8 Å². The van der Waals surface area contributed by atoms with Crippen molar-refractivity contribution in [3.05, 3.63) is 66.0 Å². The zero-order chi connectivity index (χ0) is 20.3. The lowest BCUT2D eigenvalue weighted by Crippen LogP contribution is -2.28. The Kier molecular flexibility index (Phi) is 5.51. The van der Waals surface area contributed by atoms with Crippen LogP contribution in [0.1, 0.15) is 28.9 Å². The summed E-state index contributed by atoms with van der Waals surface area (Å²) in [6, 6.07) is 11.7. The molecule has 1 atom stereocenters. The summed E-state index contributed by atoms with van der Waals surface area (Å²) in [6.07, 6.45) is 4.34. The first-order valence-corrected chi connectivity index (χ1v) is 10.5. The van der Waals surface area contributed by atoms with Crippen molar-refractivity contribution < 1.29 is 17.9 Å². The van der Waals surface area contributed by atoms with Crippen LogP contribution in [0.15, 0.2) is 59.8 Å². The molecule has 0 aliphatic rings. The molecule has 0 aliphatic carbocycles. The molecule has 8 heteroatoms. The van der Waals surface area contributed by atoms with E-state index in [0.29, 0.717) is 11.3 Å². The lowest BCUT2D eigenvalue weighted by atomic mass is 10.1. The van der Waals surface area contributed by atoms with E-state index in [2.05, 4.69) is 15.5 Å². The largest absolute Gasteiger partial charge is 0.497 e. The third kappa shape index (κ3) is 4.23. The second-order valence-corrected chi connectivity index (χ2v) is 8.43. The minimum Gasteiger partial charge on any atom is -0.497 e. The minimum absolute atomic E-state index is 0.0263. The fourth-order valence-corrected chi connectivity index (χ4v) is 3.77. The summed E-state index contributed by atoms with van der Waals surface area (Å²) in [5.74, 6) is 0.217. The molecule has 3 rings (SSSR count). The number of aromatic nitrogens is 2. The Labute approximate surface area is 163 Å². The van der Waals surface area contributed by atoms with Gasteiger partial charge in [-0.05, 0) is 42.3 Å². The molecule has 0 saturated carbocycles. The van der Waals surface area contributed by atoms with Crippen molar-refractivity contribution in [3.63, 3.8) is 0 Å². The molecule has 28 heavy (non-hydrogen) atoms. The lowest BCUT2D eigenvalue weighted by molar-refractivity contribution is 0.0936. The number of amides is 1. The zero-order valence-corrected chi connectivity index (χ0v) is 16.6. The molecule has 0 saturated heterocycles. The Bertz CT molecular complexity index is 1090. The van der Waals surface area contributed by atoms with Gasteiger partial charge in [0.15, 0.2) is 9.84 Å². The first-order valence-electron chi connectivity index (χ1n) is 8.57. The van der Waals surface area contributed by atoms with E-state index in [0.717, 1.165) is 17.4 Å². The highest BCUT2D eigenvalue weighted by atomic mass is 32.2. The second kappa shape index (κ2) is 7.85. The zero-order valence-electron chi connectivity index (χ0n) is 15.8. The number of sulfone groups is 1. The lowest BCUT2D eigenvalue weighted by Gasteiger charge is -2.17. The van der Waals surface area contributed by atoms with Gasteiger partial charge in [-0.15, -0.1) is 0 Å². The van der Waals surface area contributed by atoms with E-state index in [-0.39, 0.29) is 16.5 Å². The third-order valence-electron chi connectivity index (χ3n) is 4.40. The van der Waals surface area contributed by atoms with Gasteiger partial charge in [0.25, 0.3) is 5.91 Å². The molecule has 146 valence electrons. The summed E-state index contributed by atoms with van der Waals surface area (Å²) in [4.78, 5) is 12.8. The summed E-state index contributed by atoms with van der Waals surface area (Å²) >= 11 is 0. The van der Waals surface area contributed by atoms with E-state index >= 15 is 0 Å². The van der Waals surface area contributed by atoms with Gasteiger partial charge in [-0.25, -0.2) is 8.42 Å². The van der Waals surface area contributed by atoms with Crippen LogP contribution in [0.4, 0.5) is 0 Å². The number of nitrogens with zero attached hydrogens (tertiary/aromatic N) is 1. The molecule has 2 N–H and O–H groups in total. The topological polar surface area (TPSA) is 101 Å². The minimum atomic E-state index is -3.61. The van der Waals surface area contributed by atoms with Crippen molar-refractivity contribution >= 4 is 15.7 Å². The van der Waals surface area contributed by atoms with Gasteiger partial charge in [-0.3, -0.25) is 9.89 Å². The summed E-state index contributed by atoms with van der Waals surface area (Å²) < 4.78 is 29.8. The van der Waals surface area contributed by atoms with Crippen LogP contribution < -0.4 is 10.1 Å². The van der Waals surface area contributed by atoms with Crippen LogP contribution in [0.3, 0.4) is 0 Å². The highest BCUT2D eigenvalue weighted by molar-refractivity contribution is 7.90. The molecule has 2 aromatic carbocycles. The SMILES string of the molecule is COc1cccc(C(C)NC(=O)c2ccc(-c3cn[nH]c3)cc2S(C)(=O)=O)c1. The number of ether oxygens (including phenoxy) is 1. The smallest absolute Gasteiger partial charge is 0.253 e. The molecule has 1 heterocycles. The third-order valence-corrected chi connectivity index (χ3v) is 5.54. The monoisotopic (exact) mass is 399 g/mol. The maximum absolute atomic E-state index is 12.8. The Hall–Kier alpha value is -3.13. The number of nitrogens with one attached hydrogen (secondary N) is 2. The van der Waals surface area contributed by atoms with Crippen LogP contribution in [-0.4, -0.2) is 37.9 Å². The highest BCUT2D eigenvalue weighted by Crippen LogP contribution is 2.26. The first kappa shape index (κ1) is 19.6. The average molecular weight is 399 g/mol. The summed E-state index contributed by atoms with van der Waals surface area (Å²) in [5, 5.41) is 9.41. The number of rotatable bonds is 6. The van der Waals surface area contributed by atoms with Crippen LogP contribution in [0.25, 0.3) is 11.1 Å². The van der Waals surface area contributed by atoms with Crippen LogP contribution in [0.2, 0.25) is 0 Å². The number of H-pyrrole nitrogens is 1. The number of hydrogen-bond acceptors (Lipinski definition) is 5. The summed E-state index contributed by atoms with van der Waals surface area (Å²) in [7, 11) is -2.04. The maximum atomic E-state index is 12.8. The summed E-state index contributed by atoms with van der Waals surface area (Å²) in [5.41, 5.74) is 2.35. The van der Waals surface area contributed by atoms with Crippen LogP contribution >= 0.6 is 0 Å². The molecule has 1 amide bonds. The maximum Gasteiger partial charge on any atom is 0.253 e. The van der Waals surface area contributed by atoms with Gasteiger partial charge >= 0.3 is 0 Å². The molecular weight excluding hydrogens is 378 g/mol. The molecule has 1 unspecified atom stereocenters. The number of benzene rings is 2. The van der Waals surface area contributed by atoms with Crippen LogP contribution in [0, 0.1) is 0 Å². The predicted octanol–water partition coefficient (Wildman–Crippen LogP) is 2.98. The predicted molar refractivity (Wildman–Crippen MR) is 106 cm³/mol. The molecule has 3 aromatic rings. The molecule has 0 radical (unpaired) electrons. The number of aromatic amines is 1. The number of carbonyl (C=O) groups is 1. The van der Waals surface area contributed by atoms with E-state index in [9.17, 15) is 13.2 Å². The van der Waals surface area contributed by atoms with Crippen molar-refractivity contribution in [1.82, 2.24) is 15.5 Å². The Balaban J connectivity index is 1.92. The van der Waals surface area contributed by atoms with Gasteiger partial charge < -0.3 is 10.1 Å². The van der Waals surface area contributed by atoms with Gasteiger partial charge in [-0.2, -0.15) is 5.10 Å². The first-order chi connectivity index (χ1) is 13.3. The number of carbonyl (C=O) groups excluding carboxylic acids is 1. The molecule has 0 bridgehead atoms. The second-order valence-electron chi connectivity index (χ2n) is 6.44. The fraction of sp³-hybridized carbons (Fsp3) is 0.200. The van der Waals surface area contributed by atoms with Crippen molar-refractivity contribution in [2.45, 2.75) is 17.9 Å². The molecular formula is C20H21N3O4S. The van der Waals surface area contributed by atoms with Gasteiger partial charge in [0, 0.05) is 18.0 Å². The van der Waals surface area contributed by atoms with Crippen molar-refractivity contribution in [1.29, 1.82) is 0 Å². The van der Waals surface area contributed by atoms with Gasteiger partial charge in [0.1, 0.15) is 5.75 Å². The Morgan fingerprint density at radius 2 is 1.96 bits per heavy atom. The van der Waals surface area contributed by atoms with Crippen LogP contribution in [0.5, 0.6) is 5.75 Å². The van der Waals surface area contributed by atoms with E-state index in [1.54, 1.807) is 25.6 Å². The van der Waals surface area contributed by atoms with E-state index in [1.165, 1.54) is 12.1 Å². The van der Waals surface area contributed by atoms with Gasteiger partial charge in [0.2, 0.25) is 0 Å². The standard InChI is InChI=1S/C20H21N3O4S/c1-13(14-5-4-6-17(9-14)27-2)23-20(24)18-8-7-15(16-11-21-22-12-16)10-19(18)28(3,25)26/h4-13H,1-3H3,(H,21,22)(H,23,24). The van der Waals surface area contributed by atoms with E-state index < -0.39 is 15.7 Å². The van der Waals surface area contributed by atoms with Crippen molar-refractivity contribution in [2.75, 3.05) is 13.4 Å². The normalized spacial score (nSPS) is 12.4. The number of hydrogen-bond donors (Lipinski definition) is 2. The summed E-state index contributed by atoms with van der Waals surface area (Å²) in [6.45, 7) is 1.83.